The molecule has 4 aromatic rings. The molecule has 52 heavy (non-hydrogen) atoms. The first-order valence-corrected chi connectivity index (χ1v) is 20.2. The van der Waals surface area contributed by atoms with Crippen LogP contribution in [0, 0.1) is 6.92 Å². The molecule has 14 heteroatoms. The number of piperidine rings is 1. The number of aromatic nitrogens is 2. The molecule has 2 N–H and O–H groups in total. The van der Waals surface area contributed by atoms with Crippen molar-refractivity contribution in [2.45, 2.75) is 69.0 Å². The molecular formula is C38H46Cl2N5O6P. The molecule has 11 nitrogen and oxygen atoms in total. The molecule has 0 spiro atoms. The molecule has 0 aliphatic carbocycles. The average Bonchev–Trinajstić information content (AvgIpc) is 3.67. The third-order valence-electron chi connectivity index (χ3n) is 10.7. The van der Waals surface area contributed by atoms with Gasteiger partial charge in [-0.25, -0.2) is 14.0 Å². The van der Waals surface area contributed by atoms with E-state index in [1.54, 1.807) is 18.2 Å². The highest BCUT2D eigenvalue weighted by Crippen LogP contribution is 2.50. The van der Waals surface area contributed by atoms with Gasteiger partial charge in [0.2, 0.25) is 0 Å². The molecule has 4 heterocycles. The molecule has 3 saturated heterocycles. The number of likely N-dealkylation sites (tertiary alicyclic amines) is 1. The lowest BCUT2D eigenvalue weighted by Crippen LogP contribution is -2.59. The third kappa shape index (κ3) is 8.18. The van der Waals surface area contributed by atoms with Crippen LogP contribution in [0.2, 0.25) is 0 Å². The van der Waals surface area contributed by atoms with Gasteiger partial charge >= 0.3 is 12.6 Å². The van der Waals surface area contributed by atoms with E-state index in [1.165, 1.54) is 4.57 Å². The van der Waals surface area contributed by atoms with E-state index in [-0.39, 0.29) is 18.4 Å². The van der Waals surface area contributed by atoms with Gasteiger partial charge in [0.1, 0.15) is 0 Å². The Bertz CT molecular complexity index is 1840. The zero-order valence-electron chi connectivity index (χ0n) is 29.1. The van der Waals surface area contributed by atoms with E-state index in [9.17, 15) is 19.0 Å². The number of hydrogen-bond acceptors (Lipinski definition) is 8. The second kappa shape index (κ2) is 16.5. The summed E-state index contributed by atoms with van der Waals surface area (Å²) in [6, 6.07) is 31.0. The van der Waals surface area contributed by atoms with E-state index >= 15 is 0 Å². The van der Waals surface area contributed by atoms with E-state index in [4.69, 9.17) is 20.6 Å². The van der Waals surface area contributed by atoms with Crippen molar-refractivity contribution in [1.82, 2.24) is 24.4 Å². The molecular weight excluding hydrogens is 724 g/mol. The standard InChI is InChI=1S/C38H45ClN5O6P.ClH/c1-28-25-43(37(46)40-36(28)45)35-27-42(38(29-13-5-2-6-14-29,30-15-7-3-8-16-30)31-17-9-4-10-18-31)26-34(49-35)24-33-23-32(41-20-11-12-21-41)19-22-44(33)50-51(39,47)48;/h2-10,13-18,25,32-35H,11-12,19-24,26-27H2,1H3,(H,47,48)(H,40,45,46);1H/t32?,33?,34-,35+;/m0./s1. The van der Waals surface area contributed by atoms with Gasteiger partial charge < -0.3 is 14.5 Å². The molecule has 3 aromatic carbocycles. The molecule has 3 fully saturated rings. The van der Waals surface area contributed by atoms with Crippen LogP contribution in [0.3, 0.4) is 0 Å². The molecule has 3 aliphatic heterocycles. The van der Waals surface area contributed by atoms with Crippen LogP contribution >= 0.6 is 30.6 Å². The van der Waals surface area contributed by atoms with Crippen LogP contribution in [0.4, 0.5) is 0 Å². The Kier molecular flexibility index (Phi) is 12.3. The molecule has 0 radical (unpaired) electrons. The smallest absolute Gasteiger partial charge is 0.352 e. The predicted molar refractivity (Wildman–Crippen MR) is 204 cm³/mol. The van der Waals surface area contributed by atoms with Crippen molar-refractivity contribution in [3.05, 3.63) is 140 Å². The summed E-state index contributed by atoms with van der Waals surface area (Å²) < 4.78 is 26.3. The molecule has 0 bridgehead atoms. The zero-order valence-corrected chi connectivity index (χ0v) is 31.6. The quantitative estimate of drug-likeness (QED) is 0.147. The Morgan fingerprint density at radius 2 is 1.46 bits per heavy atom. The fraction of sp³-hybridized carbons (Fsp3) is 0.421. The van der Waals surface area contributed by atoms with Crippen molar-refractivity contribution in [3.63, 3.8) is 0 Å². The van der Waals surface area contributed by atoms with Crippen molar-refractivity contribution in [1.29, 1.82) is 0 Å². The summed E-state index contributed by atoms with van der Waals surface area (Å²) in [5, 5.41) is 1.58. The van der Waals surface area contributed by atoms with E-state index in [0.29, 0.717) is 44.1 Å². The van der Waals surface area contributed by atoms with Crippen LogP contribution < -0.4 is 11.2 Å². The number of hydroxylamine groups is 2. The van der Waals surface area contributed by atoms with Crippen LogP contribution in [-0.4, -0.2) is 80.2 Å². The Labute approximate surface area is 314 Å². The number of halogens is 2. The van der Waals surface area contributed by atoms with E-state index in [1.807, 2.05) is 54.6 Å². The van der Waals surface area contributed by atoms with Crippen LogP contribution in [-0.2, 0) is 19.5 Å². The van der Waals surface area contributed by atoms with Crippen LogP contribution in [0.1, 0.15) is 60.6 Å². The Morgan fingerprint density at radius 3 is 2.00 bits per heavy atom. The van der Waals surface area contributed by atoms with E-state index in [0.717, 1.165) is 49.0 Å². The number of aryl methyl sites for hydroxylation is 1. The van der Waals surface area contributed by atoms with Gasteiger partial charge in [0.15, 0.2) is 6.23 Å². The second-order valence-corrected chi connectivity index (χ2v) is 16.2. The topological polar surface area (TPSA) is 120 Å². The van der Waals surface area contributed by atoms with Gasteiger partial charge in [0.25, 0.3) is 5.56 Å². The summed E-state index contributed by atoms with van der Waals surface area (Å²) in [6.07, 6.45) is 4.60. The first kappa shape index (κ1) is 38.6. The minimum Gasteiger partial charge on any atom is -0.352 e. The molecule has 3 unspecified atom stereocenters. The molecule has 1 aromatic heterocycles. The summed E-state index contributed by atoms with van der Waals surface area (Å²) in [5.74, 6) is 0. The normalized spacial score (nSPS) is 24.6. The number of hydrogen-bond donors (Lipinski definition) is 2. The number of nitrogens with zero attached hydrogens (tertiary/aromatic N) is 4. The second-order valence-electron chi connectivity index (χ2n) is 13.9. The molecule has 5 atom stereocenters. The number of ether oxygens (including phenoxy) is 1. The average molecular weight is 771 g/mol. The van der Waals surface area contributed by atoms with Gasteiger partial charge in [-0.05, 0) is 68.8 Å². The van der Waals surface area contributed by atoms with Gasteiger partial charge in [-0.3, -0.25) is 19.2 Å². The lowest BCUT2D eigenvalue weighted by Gasteiger charge is -2.51. The minimum atomic E-state index is -4.35. The highest BCUT2D eigenvalue weighted by molar-refractivity contribution is 7.80. The first-order chi connectivity index (χ1) is 24.6. The Morgan fingerprint density at radius 1 is 0.904 bits per heavy atom. The third-order valence-corrected chi connectivity index (χ3v) is 11.3. The lowest BCUT2D eigenvalue weighted by molar-refractivity contribution is -0.173. The number of nitrogens with one attached hydrogen (secondary N) is 1. The molecule has 3 aliphatic rings. The molecule has 7 rings (SSSR count). The van der Waals surface area contributed by atoms with Gasteiger partial charge in [0, 0.05) is 54.7 Å². The Hall–Kier alpha value is -3.09. The van der Waals surface area contributed by atoms with E-state index < -0.39 is 36.1 Å². The van der Waals surface area contributed by atoms with Crippen LogP contribution in [0.5, 0.6) is 0 Å². The molecule has 0 saturated carbocycles. The van der Waals surface area contributed by atoms with Crippen molar-refractivity contribution in [2.24, 2.45) is 0 Å². The summed E-state index contributed by atoms with van der Waals surface area (Å²) in [5.41, 5.74) is 1.74. The van der Waals surface area contributed by atoms with Gasteiger partial charge in [0.05, 0.1) is 11.6 Å². The number of aromatic amines is 1. The SMILES string of the molecule is Cc1cn([C@H]2CN(C(c3ccccc3)(c3ccccc3)c3ccccc3)C[C@H](CC3CC(N4CCCC4)CCN3OP(=O)(O)Cl)O2)c(=O)[nH]c1=O.Cl. The van der Waals surface area contributed by atoms with Gasteiger partial charge in [-0.1, -0.05) is 91.0 Å². The van der Waals surface area contributed by atoms with Crippen molar-refractivity contribution < 1.29 is 18.8 Å². The maximum atomic E-state index is 13.5. The van der Waals surface area contributed by atoms with Crippen molar-refractivity contribution in [3.8, 4) is 0 Å². The van der Waals surface area contributed by atoms with Crippen molar-refractivity contribution in [2.75, 3.05) is 32.7 Å². The minimum absolute atomic E-state index is 0. The maximum absolute atomic E-state index is 13.5. The summed E-state index contributed by atoms with van der Waals surface area (Å²) >= 11 is 5.80. The number of benzene rings is 3. The summed E-state index contributed by atoms with van der Waals surface area (Å²) in [6.45, 7) is 0.607. The van der Waals surface area contributed by atoms with E-state index in [2.05, 4.69) is 51.2 Å². The van der Waals surface area contributed by atoms with Crippen LogP contribution in [0.15, 0.2) is 107 Å². The largest absolute Gasteiger partial charge is 0.438 e. The highest BCUT2D eigenvalue weighted by atomic mass is 35.7. The molecule has 0 amide bonds. The zero-order chi connectivity index (χ0) is 35.6. The number of H-pyrrole nitrogens is 1. The van der Waals surface area contributed by atoms with Gasteiger partial charge in [-0.15, -0.1) is 12.4 Å². The summed E-state index contributed by atoms with van der Waals surface area (Å²) in [7, 11) is 0. The summed E-state index contributed by atoms with van der Waals surface area (Å²) in [4.78, 5) is 43.4. The van der Waals surface area contributed by atoms with Gasteiger partial charge in [-0.2, -0.15) is 5.06 Å². The molecule has 278 valence electrons. The monoisotopic (exact) mass is 769 g/mol. The lowest BCUT2D eigenvalue weighted by atomic mass is 9.75. The van der Waals surface area contributed by atoms with Crippen LogP contribution in [0.25, 0.3) is 0 Å². The fourth-order valence-electron chi connectivity index (χ4n) is 8.46. The van der Waals surface area contributed by atoms with Crippen molar-refractivity contribution >= 4 is 30.6 Å². The number of morpholine rings is 1. The first-order valence-electron chi connectivity index (χ1n) is 17.7. The highest BCUT2D eigenvalue weighted by Gasteiger charge is 2.48. The maximum Gasteiger partial charge on any atom is 0.438 e. The fourth-order valence-corrected chi connectivity index (χ4v) is 9.17. The predicted octanol–water partition coefficient (Wildman–Crippen LogP) is 6.05. The Balaban J connectivity index is 0.00000464. The number of rotatable bonds is 10.